The molecule has 3 nitrogen and oxygen atoms in total. The first kappa shape index (κ1) is 10.6. The molecule has 15 heavy (non-hydrogen) atoms. The molecule has 0 radical (unpaired) electrons. The van der Waals surface area contributed by atoms with Crippen molar-refractivity contribution in [2.75, 3.05) is 5.32 Å². The number of nitrogens with one attached hydrogen (secondary N) is 1. The van der Waals surface area contributed by atoms with Crippen molar-refractivity contribution in [1.82, 2.24) is 0 Å². The van der Waals surface area contributed by atoms with Gasteiger partial charge in [-0.15, -0.1) is 0 Å². The van der Waals surface area contributed by atoms with Crippen molar-refractivity contribution >= 4 is 27.5 Å². The Bertz CT molecular complexity index is 415. The van der Waals surface area contributed by atoms with Gasteiger partial charge in [-0.2, -0.15) is 0 Å². The maximum Gasteiger partial charge on any atom is 0.224 e. The van der Waals surface area contributed by atoms with Gasteiger partial charge in [0, 0.05) is 22.6 Å². The molecule has 0 saturated carbocycles. The second-order valence-electron chi connectivity index (χ2n) is 3.87. The fourth-order valence-electron chi connectivity index (χ4n) is 1.85. The minimum Gasteiger partial charge on any atom is -0.326 e. The lowest BCUT2D eigenvalue weighted by Gasteiger charge is -2.22. The van der Waals surface area contributed by atoms with Crippen LogP contribution in [0.2, 0.25) is 0 Å². The first-order valence-corrected chi connectivity index (χ1v) is 5.75. The summed E-state index contributed by atoms with van der Waals surface area (Å²) in [7, 11) is 0. The number of nitrogens with two attached hydrogens (primary N) is 1. The number of carbonyl (C=O) groups excluding carboxylic acids is 1. The molecule has 1 atom stereocenters. The van der Waals surface area contributed by atoms with Crippen molar-refractivity contribution in [3.63, 3.8) is 0 Å². The van der Waals surface area contributed by atoms with Crippen molar-refractivity contribution in [2.45, 2.75) is 25.8 Å². The Hall–Kier alpha value is -0.870. The summed E-state index contributed by atoms with van der Waals surface area (Å²) in [5.74, 6) is 0.0757. The molecule has 3 N–H and O–H groups in total. The normalized spacial score (nSPS) is 16.9. The first-order chi connectivity index (χ1) is 7.08. The van der Waals surface area contributed by atoms with Crippen molar-refractivity contribution < 1.29 is 4.79 Å². The zero-order valence-electron chi connectivity index (χ0n) is 8.51. The Balaban J connectivity index is 2.55. The number of amides is 1. The van der Waals surface area contributed by atoms with Crippen molar-refractivity contribution in [2.24, 2.45) is 5.73 Å². The monoisotopic (exact) mass is 268 g/mol. The van der Waals surface area contributed by atoms with Gasteiger partial charge < -0.3 is 11.1 Å². The number of fused-ring (bicyclic) bond motifs is 1. The van der Waals surface area contributed by atoms with Crippen LogP contribution in [0.1, 0.15) is 30.5 Å². The van der Waals surface area contributed by atoms with E-state index >= 15 is 0 Å². The maximum atomic E-state index is 11.3. The van der Waals surface area contributed by atoms with Crippen LogP contribution in [0.5, 0.6) is 0 Å². The van der Waals surface area contributed by atoms with Crippen LogP contribution in [-0.2, 0) is 11.2 Å². The van der Waals surface area contributed by atoms with Gasteiger partial charge in [0.25, 0.3) is 0 Å². The predicted molar refractivity (Wildman–Crippen MR) is 63.7 cm³/mol. The molecule has 1 aliphatic heterocycles. The molecule has 0 bridgehead atoms. The standard InChI is InChI=1S/C11H13BrN2O/c1-6(13)9-5-8(12)4-7-2-3-10(15)14-11(7)9/h4-6H,2-3,13H2,1H3,(H,14,15). The summed E-state index contributed by atoms with van der Waals surface area (Å²) < 4.78 is 1.02. The number of carbonyl (C=O) groups is 1. The molecule has 1 amide bonds. The summed E-state index contributed by atoms with van der Waals surface area (Å²) in [6.07, 6.45) is 1.35. The molecule has 4 heteroatoms. The molecule has 1 aromatic carbocycles. The Morgan fingerprint density at radius 1 is 1.47 bits per heavy atom. The number of rotatable bonds is 1. The van der Waals surface area contributed by atoms with Crippen LogP contribution in [0.4, 0.5) is 5.69 Å². The molecule has 1 unspecified atom stereocenters. The molecule has 0 aliphatic carbocycles. The third-order valence-corrected chi connectivity index (χ3v) is 3.05. The third-order valence-electron chi connectivity index (χ3n) is 2.59. The van der Waals surface area contributed by atoms with E-state index in [1.807, 2.05) is 19.1 Å². The zero-order chi connectivity index (χ0) is 11.0. The molecule has 1 heterocycles. The largest absolute Gasteiger partial charge is 0.326 e. The smallest absolute Gasteiger partial charge is 0.224 e. The van der Waals surface area contributed by atoms with Gasteiger partial charge in [0.1, 0.15) is 0 Å². The Morgan fingerprint density at radius 3 is 2.87 bits per heavy atom. The van der Waals surface area contributed by atoms with E-state index in [0.29, 0.717) is 6.42 Å². The van der Waals surface area contributed by atoms with Crippen molar-refractivity contribution in [3.05, 3.63) is 27.7 Å². The predicted octanol–water partition coefficient (Wildman–Crippen LogP) is 2.35. The molecular formula is C11H13BrN2O. The molecule has 2 rings (SSSR count). The highest BCUT2D eigenvalue weighted by Crippen LogP contribution is 2.33. The summed E-state index contributed by atoms with van der Waals surface area (Å²) in [6.45, 7) is 1.92. The average molecular weight is 269 g/mol. The average Bonchev–Trinajstić information content (AvgIpc) is 2.17. The summed E-state index contributed by atoms with van der Waals surface area (Å²) in [5.41, 5.74) is 8.94. The van der Waals surface area contributed by atoms with E-state index in [0.717, 1.165) is 27.7 Å². The molecule has 1 aromatic rings. The second kappa shape index (κ2) is 3.94. The second-order valence-corrected chi connectivity index (χ2v) is 4.78. The fourth-order valence-corrected chi connectivity index (χ4v) is 2.37. The van der Waals surface area contributed by atoms with Gasteiger partial charge in [-0.3, -0.25) is 4.79 Å². The van der Waals surface area contributed by atoms with E-state index in [1.54, 1.807) is 0 Å². The summed E-state index contributed by atoms with van der Waals surface area (Å²) in [4.78, 5) is 11.3. The van der Waals surface area contributed by atoms with Crippen LogP contribution >= 0.6 is 15.9 Å². The van der Waals surface area contributed by atoms with Crippen LogP contribution in [0.25, 0.3) is 0 Å². The minimum absolute atomic E-state index is 0.0744. The zero-order valence-corrected chi connectivity index (χ0v) is 10.1. The summed E-state index contributed by atoms with van der Waals surface area (Å²) in [5, 5.41) is 2.90. The van der Waals surface area contributed by atoms with E-state index < -0.39 is 0 Å². The van der Waals surface area contributed by atoms with E-state index in [2.05, 4.69) is 21.2 Å². The third kappa shape index (κ3) is 2.06. The van der Waals surface area contributed by atoms with Crippen LogP contribution in [0.15, 0.2) is 16.6 Å². The molecule has 80 valence electrons. The van der Waals surface area contributed by atoms with Crippen molar-refractivity contribution in [3.8, 4) is 0 Å². The molecule has 0 saturated heterocycles. The van der Waals surface area contributed by atoms with Gasteiger partial charge in [0.15, 0.2) is 0 Å². The summed E-state index contributed by atoms with van der Waals surface area (Å²) in [6, 6.07) is 3.94. The molecule has 0 spiro atoms. The number of hydrogen-bond acceptors (Lipinski definition) is 2. The maximum absolute atomic E-state index is 11.3. The van der Waals surface area contributed by atoms with Crippen molar-refractivity contribution in [1.29, 1.82) is 0 Å². The topological polar surface area (TPSA) is 55.1 Å². The highest BCUT2D eigenvalue weighted by Gasteiger charge is 2.19. The number of hydrogen-bond donors (Lipinski definition) is 2. The van der Waals surface area contributed by atoms with E-state index in [9.17, 15) is 4.79 Å². The molecular weight excluding hydrogens is 256 g/mol. The highest BCUT2D eigenvalue weighted by molar-refractivity contribution is 9.10. The van der Waals surface area contributed by atoms with Crippen LogP contribution < -0.4 is 11.1 Å². The molecule has 1 aliphatic rings. The van der Waals surface area contributed by atoms with Gasteiger partial charge in [0.2, 0.25) is 5.91 Å². The Kier molecular flexibility index (Phi) is 2.80. The SMILES string of the molecule is CC(N)c1cc(Br)cc2c1NC(=O)CC2. The molecule has 0 aromatic heterocycles. The molecule has 0 fully saturated rings. The van der Waals surface area contributed by atoms with Crippen LogP contribution in [0.3, 0.4) is 0 Å². The van der Waals surface area contributed by atoms with Gasteiger partial charge in [0.05, 0.1) is 0 Å². The lowest BCUT2D eigenvalue weighted by atomic mass is 9.96. The Morgan fingerprint density at radius 2 is 2.20 bits per heavy atom. The van der Waals surface area contributed by atoms with E-state index in [4.69, 9.17) is 5.73 Å². The van der Waals surface area contributed by atoms with Gasteiger partial charge in [-0.1, -0.05) is 15.9 Å². The first-order valence-electron chi connectivity index (χ1n) is 4.95. The number of halogens is 1. The van der Waals surface area contributed by atoms with Crippen LogP contribution in [-0.4, -0.2) is 5.91 Å². The number of benzene rings is 1. The fraction of sp³-hybridized carbons (Fsp3) is 0.364. The quantitative estimate of drug-likeness (QED) is 0.822. The number of anilines is 1. The van der Waals surface area contributed by atoms with Gasteiger partial charge in [-0.05, 0) is 36.6 Å². The van der Waals surface area contributed by atoms with Gasteiger partial charge >= 0.3 is 0 Å². The Labute approximate surface area is 97.2 Å². The van der Waals surface area contributed by atoms with Crippen LogP contribution in [0, 0.1) is 0 Å². The minimum atomic E-state index is -0.0744. The lowest BCUT2D eigenvalue weighted by Crippen LogP contribution is -2.22. The van der Waals surface area contributed by atoms with E-state index in [-0.39, 0.29) is 11.9 Å². The van der Waals surface area contributed by atoms with E-state index in [1.165, 1.54) is 0 Å². The highest BCUT2D eigenvalue weighted by atomic mass is 79.9. The number of aryl methyl sites for hydroxylation is 1. The lowest BCUT2D eigenvalue weighted by molar-refractivity contribution is -0.116. The summed E-state index contributed by atoms with van der Waals surface area (Å²) >= 11 is 3.46. The van der Waals surface area contributed by atoms with Gasteiger partial charge in [-0.25, -0.2) is 0 Å².